The van der Waals surface area contributed by atoms with Gasteiger partial charge in [0, 0.05) is 24.7 Å². The van der Waals surface area contributed by atoms with Crippen LogP contribution in [0.1, 0.15) is 64.7 Å². The van der Waals surface area contributed by atoms with Crippen LogP contribution in [0.5, 0.6) is 0 Å². The van der Waals surface area contributed by atoms with Crippen LogP contribution in [0, 0.1) is 11.8 Å². The number of ketones is 1. The number of aliphatic hydroxyl groups excluding tert-OH is 2. The second-order valence-corrected chi connectivity index (χ2v) is 6.86. The summed E-state index contributed by atoms with van der Waals surface area (Å²) in [5, 5.41) is 28.8. The van der Waals surface area contributed by atoms with Gasteiger partial charge in [0.05, 0.1) is 12.2 Å². The van der Waals surface area contributed by atoms with Gasteiger partial charge in [-0.05, 0) is 32.1 Å². The van der Waals surface area contributed by atoms with Crippen molar-refractivity contribution in [2.45, 2.75) is 76.9 Å². The fourth-order valence-corrected chi connectivity index (χ4v) is 3.27. The predicted molar refractivity (Wildman–Crippen MR) is 97.1 cm³/mol. The molecule has 0 spiro atoms. The molecule has 0 aromatic rings. The molecule has 0 unspecified atom stereocenters. The van der Waals surface area contributed by atoms with Crippen LogP contribution in [-0.4, -0.2) is 39.3 Å². The number of unbranched alkanes of at least 4 members (excludes halogenated alkanes) is 3. The maximum atomic E-state index is 12.0. The lowest BCUT2D eigenvalue weighted by Gasteiger charge is -2.17. The van der Waals surface area contributed by atoms with Crippen LogP contribution < -0.4 is 0 Å². The Labute approximate surface area is 150 Å². The first-order valence-electron chi connectivity index (χ1n) is 9.39. The Bertz CT molecular complexity index is 469. The number of carbonyl (C=O) groups excluding carboxylic acids is 1. The molecule has 1 saturated carbocycles. The first-order valence-corrected chi connectivity index (χ1v) is 9.39. The van der Waals surface area contributed by atoms with Crippen LogP contribution in [0.25, 0.3) is 0 Å². The highest BCUT2D eigenvalue weighted by atomic mass is 16.4. The number of carbonyl (C=O) groups is 2. The summed E-state index contributed by atoms with van der Waals surface area (Å²) in [5.41, 5.74) is 0. The van der Waals surface area contributed by atoms with Gasteiger partial charge in [0.15, 0.2) is 0 Å². The number of rotatable bonds is 12. The number of allylic oxidation sites excluding steroid dienone is 1. The van der Waals surface area contributed by atoms with E-state index in [1.807, 2.05) is 6.08 Å². The lowest BCUT2D eigenvalue weighted by molar-refractivity contribution is -0.137. The average molecular weight is 352 g/mol. The van der Waals surface area contributed by atoms with Crippen molar-refractivity contribution in [1.29, 1.82) is 0 Å². The van der Waals surface area contributed by atoms with E-state index in [1.54, 1.807) is 12.2 Å². The molecular formula is C20H32O5. The van der Waals surface area contributed by atoms with E-state index >= 15 is 0 Å². The Hall–Kier alpha value is -1.46. The topological polar surface area (TPSA) is 94.8 Å². The SMILES string of the molecule is CCCCC/C=C\C[C@H](O)/C=C/[C@H]1[C@H](CCCC(=O)O)C(=O)C[C@@H]1O. The van der Waals surface area contributed by atoms with Gasteiger partial charge in [0.25, 0.3) is 0 Å². The lowest BCUT2D eigenvalue weighted by Crippen LogP contribution is -2.19. The molecule has 4 atom stereocenters. The van der Waals surface area contributed by atoms with Crippen molar-refractivity contribution in [3.8, 4) is 0 Å². The third-order valence-corrected chi connectivity index (χ3v) is 4.71. The number of hydrogen-bond donors (Lipinski definition) is 3. The van der Waals surface area contributed by atoms with Crippen molar-refractivity contribution >= 4 is 11.8 Å². The smallest absolute Gasteiger partial charge is 0.303 e. The lowest BCUT2D eigenvalue weighted by atomic mass is 9.89. The molecule has 0 amide bonds. The third kappa shape index (κ3) is 8.45. The van der Waals surface area contributed by atoms with Crippen LogP contribution in [0.4, 0.5) is 0 Å². The van der Waals surface area contributed by atoms with E-state index in [1.165, 1.54) is 12.8 Å². The summed E-state index contributed by atoms with van der Waals surface area (Å²) in [6.45, 7) is 2.16. The Kier molecular flexibility index (Phi) is 10.3. The standard InChI is InChI=1S/C20H32O5/c1-2-3-4-5-6-7-9-15(21)12-13-17-16(10-8-11-20(24)25)18(22)14-19(17)23/h6-7,12-13,15-17,19,21,23H,2-5,8-11,14H2,1H3,(H,24,25)/b7-6-,13-12+/t15-,16-,17-,19-/m0/s1. The summed E-state index contributed by atoms with van der Waals surface area (Å²) in [5.74, 6) is -1.57. The second-order valence-electron chi connectivity index (χ2n) is 6.86. The molecule has 0 bridgehead atoms. The molecule has 1 rings (SSSR count). The van der Waals surface area contributed by atoms with Gasteiger partial charge in [-0.25, -0.2) is 0 Å². The Morgan fingerprint density at radius 2 is 2.04 bits per heavy atom. The summed E-state index contributed by atoms with van der Waals surface area (Å²) >= 11 is 0. The van der Waals surface area contributed by atoms with Crippen LogP contribution in [0.15, 0.2) is 24.3 Å². The van der Waals surface area contributed by atoms with Gasteiger partial charge < -0.3 is 15.3 Å². The fraction of sp³-hybridized carbons (Fsp3) is 0.700. The molecule has 0 radical (unpaired) electrons. The van der Waals surface area contributed by atoms with E-state index in [2.05, 4.69) is 13.0 Å². The number of aliphatic hydroxyl groups is 2. The summed E-state index contributed by atoms with van der Waals surface area (Å²) in [6.07, 6.45) is 12.2. The summed E-state index contributed by atoms with van der Waals surface area (Å²) < 4.78 is 0. The first-order chi connectivity index (χ1) is 12.0. The Morgan fingerprint density at radius 1 is 1.28 bits per heavy atom. The molecule has 0 aromatic carbocycles. The largest absolute Gasteiger partial charge is 0.481 e. The summed E-state index contributed by atoms with van der Waals surface area (Å²) in [6, 6.07) is 0. The predicted octanol–water partition coefficient (Wildman–Crippen LogP) is 3.25. The Morgan fingerprint density at radius 3 is 2.72 bits per heavy atom. The van der Waals surface area contributed by atoms with Crippen molar-refractivity contribution < 1.29 is 24.9 Å². The molecule has 142 valence electrons. The van der Waals surface area contributed by atoms with Gasteiger partial charge in [0.1, 0.15) is 5.78 Å². The van der Waals surface area contributed by atoms with E-state index in [4.69, 9.17) is 5.11 Å². The second kappa shape index (κ2) is 12.0. The summed E-state index contributed by atoms with van der Waals surface area (Å²) in [7, 11) is 0. The van der Waals surface area contributed by atoms with Crippen molar-refractivity contribution in [2.75, 3.05) is 0 Å². The molecule has 0 saturated heterocycles. The molecule has 0 aliphatic heterocycles. The van der Waals surface area contributed by atoms with Crippen LogP contribution >= 0.6 is 0 Å². The van der Waals surface area contributed by atoms with E-state index < -0.39 is 18.2 Å². The van der Waals surface area contributed by atoms with E-state index in [0.717, 1.165) is 12.8 Å². The highest BCUT2D eigenvalue weighted by Gasteiger charge is 2.39. The first kappa shape index (κ1) is 21.6. The normalized spacial score (nSPS) is 25.2. The minimum atomic E-state index is -0.876. The number of aliphatic carboxylic acids is 1. The molecule has 1 aliphatic rings. The number of carboxylic acids is 1. The van der Waals surface area contributed by atoms with Crippen molar-refractivity contribution in [1.82, 2.24) is 0 Å². The fourth-order valence-electron chi connectivity index (χ4n) is 3.27. The van der Waals surface area contributed by atoms with Crippen LogP contribution in [0.2, 0.25) is 0 Å². The average Bonchev–Trinajstić information content (AvgIpc) is 2.82. The van der Waals surface area contributed by atoms with Gasteiger partial charge in [-0.15, -0.1) is 0 Å². The molecule has 1 aliphatic carbocycles. The van der Waals surface area contributed by atoms with E-state index in [9.17, 15) is 19.8 Å². The monoisotopic (exact) mass is 352 g/mol. The van der Waals surface area contributed by atoms with Gasteiger partial charge in [-0.3, -0.25) is 9.59 Å². The number of hydrogen-bond acceptors (Lipinski definition) is 4. The molecule has 0 heterocycles. The van der Waals surface area contributed by atoms with Gasteiger partial charge in [0.2, 0.25) is 0 Å². The van der Waals surface area contributed by atoms with Crippen molar-refractivity contribution in [3.05, 3.63) is 24.3 Å². The molecule has 3 N–H and O–H groups in total. The van der Waals surface area contributed by atoms with Crippen LogP contribution in [0.3, 0.4) is 0 Å². The van der Waals surface area contributed by atoms with Crippen LogP contribution in [-0.2, 0) is 9.59 Å². The highest BCUT2D eigenvalue weighted by molar-refractivity contribution is 5.84. The quantitative estimate of drug-likeness (QED) is 0.370. The van der Waals surface area contributed by atoms with Gasteiger partial charge in [-0.1, -0.05) is 44.1 Å². The highest BCUT2D eigenvalue weighted by Crippen LogP contribution is 2.34. The number of Topliss-reactive ketones (excluding diaryl/α,β-unsaturated/α-hetero) is 1. The molecule has 25 heavy (non-hydrogen) atoms. The Balaban J connectivity index is 2.45. The molecule has 5 heteroatoms. The molecule has 1 fully saturated rings. The summed E-state index contributed by atoms with van der Waals surface area (Å²) in [4.78, 5) is 22.6. The van der Waals surface area contributed by atoms with E-state index in [-0.39, 0.29) is 30.5 Å². The molecular weight excluding hydrogens is 320 g/mol. The minimum Gasteiger partial charge on any atom is -0.481 e. The molecule has 0 aromatic heterocycles. The minimum absolute atomic E-state index is 0.0159. The zero-order valence-electron chi connectivity index (χ0n) is 15.1. The van der Waals surface area contributed by atoms with Gasteiger partial charge >= 0.3 is 5.97 Å². The maximum absolute atomic E-state index is 12.0. The van der Waals surface area contributed by atoms with Crippen molar-refractivity contribution in [2.24, 2.45) is 11.8 Å². The maximum Gasteiger partial charge on any atom is 0.303 e. The molecule has 5 nitrogen and oxygen atoms in total. The van der Waals surface area contributed by atoms with Crippen molar-refractivity contribution in [3.63, 3.8) is 0 Å². The van der Waals surface area contributed by atoms with E-state index in [0.29, 0.717) is 19.3 Å². The zero-order valence-corrected chi connectivity index (χ0v) is 15.1. The number of carboxylic acid groups (broad SMARTS) is 1. The third-order valence-electron chi connectivity index (χ3n) is 4.71. The zero-order chi connectivity index (χ0) is 18.7. The van der Waals surface area contributed by atoms with Gasteiger partial charge in [-0.2, -0.15) is 0 Å².